The summed E-state index contributed by atoms with van der Waals surface area (Å²) in [6.45, 7) is 2.24. The summed E-state index contributed by atoms with van der Waals surface area (Å²) in [5.74, 6) is 2.17. The smallest absolute Gasteiger partial charge is 0.147 e. The summed E-state index contributed by atoms with van der Waals surface area (Å²) in [6, 6.07) is 2.21. The van der Waals surface area contributed by atoms with E-state index in [-0.39, 0.29) is 0 Å². The van der Waals surface area contributed by atoms with E-state index < -0.39 is 0 Å². The number of hydrogen-bond donors (Lipinski definition) is 2. The summed E-state index contributed by atoms with van der Waals surface area (Å²) >= 11 is 12.1. The molecule has 1 aromatic rings. The van der Waals surface area contributed by atoms with Crippen LogP contribution in [-0.2, 0) is 0 Å². The molecule has 1 aromatic heterocycles. The van der Waals surface area contributed by atoms with Gasteiger partial charge in [-0.3, -0.25) is 0 Å². The molecule has 0 unspecified atom stereocenters. The molecule has 0 radical (unpaired) electrons. The molecule has 3 nitrogen and oxygen atoms in total. The average Bonchev–Trinajstić information content (AvgIpc) is 2.19. The summed E-state index contributed by atoms with van der Waals surface area (Å²) in [4.78, 5) is 4.35. The highest BCUT2D eigenvalue weighted by Gasteiger charge is 2.26. The van der Waals surface area contributed by atoms with Crippen LogP contribution in [0, 0.1) is 5.92 Å². The van der Waals surface area contributed by atoms with Crippen LogP contribution in [0.1, 0.15) is 19.8 Å². The lowest BCUT2D eigenvalue weighted by Gasteiger charge is -2.33. The lowest BCUT2D eigenvalue weighted by Crippen LogP contribution is -2.34. The van der Waals surface area contributed by atoms with Gasteiger partial charge in [0.1, 0.15) is 11.6 Å². The van der Waals surface area contributed by atoms with E-state index >= 15 is 0 Å². The molecule has 1 fully saturated rings. The minimum absolute atomic E-state index is 0.492. The highest BCUT2D eigenvalue weighted by molar-refractivity contribution is 6.37. The minimum atomic E-state index is 0.492. The standard InChI is InChI=1S/C11H15Cl2N3/c1-6-3-7(4-6)15-11-9(13)5-8(12)10(14-2)16-11/h5-7H,3-4H2,1-2H3,(H2,14,15,16). The van der Waals surface area contributed by atoms with Gasteiger partial charge >= 0.3 is 0 Å². The maximum Gasteiger partial charge on any atom is 0.147 e. The van der Waals surface area contributed by atoms with E-state index in [1.165, 1.54) is 12.8 Å². The molecule has 88 valence electrons. The first-order valence-corrected chi connectivity index (χ1v) is 6.16. The van der Waals surface area contributed by atoms with E-state index in [9.17, 15) is 0 Å². The Hall–Kier alpha value is -0.670. The molecular formula is C11H15Cl2N3. The zero-order chi connectivity index (χ0) is 11.7. The molecule has 0 spiro atoms. The van der Waals surface area contributed by atoms with Crippen LogP contribution in [0.2, 0.25) is 10.0 Å². The SMILES string of the molecule is CNc1nc(NC2CC(C)C2)c(Cl)cc1Cl. The van der Waals surface area contributed by atoms with Crippen molar-refractivity contribution >= 4 is 34.8 Å². The largest absolute Gasteiger partial charge is 0.372 e. The molecule has 0 atom stereocenters. The summed E-state index contributed by atoms with van der Waals surface area (Å²) in [5, 5.41) is 7.39. The molecule has 5 heteroatoms. The maximum absolute atomic E-state index is 6.08. The van der Waals surface area contributed by atoms with E-state index in [1.54, 1.807) is 13.1 Å². The van der Waals surface area contributed by atoms with Crippen molar-refractivity contribution in [3.8, 4) is 0 Å². The topological polar surface area (TPSA) is 37.0 Å². The maximum atomic E-state index is 6.08. The third kappa shape index (κ3) is 2.36. The fraction of sp³-hybridized carbons (Fsp3) is 0.545. The molecule has 0 saturated heterocycles. The van der Waals surface area contributed by atoms with Crippen molar-refractivity contribution in [2.45, 2.75) is 25.8 Å². The van der Waals surface area contributed by atoms with Crippen LogP contribution < -0.4 is 10.6 Å². The number of aromatic nitrogens is 1. The third-order valence-corrected chi connectivity index (χ3v) is 3.46. The number of nitrogens with one attached hydrogen (secondary N) is 2. The van der Waals surface area contributed by atoms with Crippen molar-refractivity contribution in [1.29, 1.82) is 0 Å². The van der Waals surface area contributed by atoms with Crippen molar-refractivity contribution in [3.63, 3.8) is 0 Å². The van der Waals surface area contributed by atoms with Crippen LogP contribution >= 0.6 is 23.2 Å². The molecule has 0 amide bonds. The molecule has 1 heterocycles. The van der Waals surface area contributed by atoms with Gasteiger partial charge in [0, 0.05) is 13.1 Å². The Morgan fingerprint density at radius 1 is 1.25 bits per heavy atom. The molecule has 1 saturated carbocycles. The summed E-state index contributed by atoms with van der Waals surface area (Å²) in [6.07, 6.45) is 2.35. The van der Waals surface area contributed by atoms with Crippen molar-refractivity contribution in [1.82, 2.24) is 4.98 Å². The first-order valence-electron chi connectivity index (χ1n) is 5.40. The Morgan fingerprint density at radius 2 is 1.88 bits per heavy atom. The molecule has 2 rings (SSSR count). The quantitative estimate of drug-likeness (QED) is 0.871. The van der Waals surface area contributed by atoms with Gasteiger partial charge in [-0.1, -0.05) is 30.1 Å². The first-order chi connectivity index (χ1) is 7.60. The number of anilines is 2. The summed E-state index contributed by atoms with van der Waals surface area (Å²) in [5.41, 5.74) is 0. The predicted molar refractivity (Wildman–Crippen MR) is 69.6 cm³/mol. The number of halogens is 2. The molecule has 0 aromatic carbocycles. The van der Waals surface area contributed by atoms with E-state index in [2.05, 4.69) is 22.5 Å². The van der Waals surface area contributed by atoms with Gasteiger partial charge in [-0.15, -0.1) is 0 Å². The highest BCUT2D eigenvalue weighted by Crippen LogP contribution is 2.33. The zero-order valence-corrected chi connectivity index (χ0v) is 10.9. The second-order valence-corrected chi connectivity index (χ2v) is 5.13. The third-order valence-electron chi connectivity index (χ3n) is 2.88. The minimum Gasteiger partial charge on any atom is -0.372 e. The van der Waals surface area contributed by atoms with Crippen LogP contribution in [0.25, 0.3) is 0 Å². The van der Waals surface area contributed by atoms with Crippen LogP contribution in [0.4, 0.5) is 11.6 Å². The van der Waals surface area contributed by atoms with Crippen LogP contribution in [0.3, 0.4) is 0 Å². The Bertz CT molecular complexity index is 389. The second kappa shape index (κ2) is 4.68. The van der Waals surface area contributed by atoms with Crippen molar-refractivity contribution in [3.05, 3.63) is 16.1 Å². The Balaban J connectivity index is 2.13. The van der Waals surface area contributed by atoms with Gasteiger partial charge in [-0.05, 0) is 24.8 Å². The van der Waals surface area contributed by atoms with Gasteiger partial charge < -0.3 is 10.6 Å². The van der Waals surface area contributed by atoms with Gasteiger partial charge in [-0.25, -0.2) is 4.98 Å². The van der Waals surface area contributed by atoms with Gasteiger partial charge in [0.05, 0.1) is 10.0 Å². The molecule has 0 bridgehead atoms. The Kier molecular flexibility index (Phi) is 3.45. The second-order valence-electron chi connectivity index (χ2n) is 4.32. The van der Waals surface area contributed by atoms with Crippen molar-refractivity contribution < 1.29 is 0 Å². The van der Waals surface area contributed by atoms with Crippen LogP contribution in [0.5, 0.6) is 0 Å². The number of hydrogen-bond acceptors (Lipinski definition) is 3. The van der Waals surface area contributed by atoms with Gasteiger partial charge in [0.25, 0.3) is 0 Å². The molecule has 1 aliphatic rings. The predicted octanol–water partition coefficient (Wildman–Crippen LogP) is 3.64. The molecule has 16 heavy (non-hydrogen) atoms. The lowest BCUT2D eigenvalue weighted by molar-refractivity contribution is 0.308. The first kappa shape index (κ1) is 11.8. The molecular weight excluding hydrogens is 245 g/mol. The molecule has 2 N–H and O–H groups in total. The van der Waals surface area contributed by atoms with Crippen LogP contribution in [0.15, 0.2) is 6.07 Å². The van der Waals surface area contributed by atoms with Crippen molar-refractivity contribution in [2.24, 2.45) is 5.92 Å². The number of nitrogens with zero attached hydrogens (tertiary/aromatic N) is 1. The molecule has 0 aliphatic heterocycles. The van der Waals surface area contributed by atoms with E-state index in [1.807, 2.05) is 0 Å². The fourth-order valence-electron chi connectivity index (χ4n) is 1.96. The summed E-state index contributed by atoms with van der Waals surface area (Å²) in [7, 11) is 1.79. The highest BCUT2D eigenvalue weighted by atomic mass is 35.5. The monoisotopic (exact) mass is 259 g/mol. The van der Waals surface area contributed by atoms with E-state index in [4.69, 9.17) is 23.2 Å². The van der Waals surface area contributed by atoms with Crippen LogP contribution in [-0.4, -0.2) is 18.1 Å². The van der Waals surface area contributed by atoms with E-state index in [0.29, 0.717) is 27.7 Å². The Labute approximate surface area is 106 Å². The average molecular weight is 260 g/mol. The summed E-state index contributed by atoms with van der Waals surface area (Å²) < 4.78 is 0. The van der Waals surface area contributed by atoms with Gasteiger partial charge in [0.2, 0.25) is 0 Å². The Morgan fingerprint density at radius 3 is 2.44 bits per heavy atom. The lowest BCUT2D eigenvalue weighted by atomic mass is 9.82. The number of rotatable bonds is 3. The van der Waals surface area contributed by atoms with E-state index in [0.717, 1.165) is 5.92 Å². The number of pyridine rings is 1. The zero-order valence-electron chi connectivity index (χ0n) is 9.35. The normalized spacial score (nSPS) is 23.8. The van der Waals surface area contributed by atoms with Crippen molar-refractivity contribution in [2.75, 3.05) is 17.7 Å². The molecule has 1 aliphatic carbocycles. The van der Waals surface area contributed by atoms with Gasteiger partial charge in [0.15, 0.2) is 0 Å². The fourth-order valence-corrected chi connectivity index (χ4v) is 2.46. The van der Waals surface area contributed by atoms with Gasteiger partial charge in [-0.2, -0.15) is 0 Å².